The number of ether oxygens (including phenoxy) is 1. The van der Waals surface area contributed by atoms with Gasteiger partial charge in [-0.05, 0) is 49.2 Å². The Morgan fingerprint density at radius 3 is 2.41 bits per heavy atom. The number of morpholine rings is 1. The molecular formula is C24H26FN5OS. The average molecular weight is 452 g/mol. The van der Waals surface area contributed by atoms with E-state index in [1.54, 1.807) is 16.6 Å². The SMILES string of the molecule is CC1CN(Cc2ccc(CNc3nn4cc(-c5ccc(F)cc5)nc4s3)cc2)CC(C)O1. The zero-order valence-electron chi connectivity index (χ0n) is 18.2. The Hall–Kier alpha value is -2.81. The van der Waals surface area contributed by atoms with Crippen LogP contribution < -0.4 is 5.32 Å². The Labute approximate surface area is 190 Å². The van der Waals surface area contributed by atoms with E-state index in [1.807, 2.05) is 6.20 Å². The van der Waals surface area contributed by atoms with E-state index in [-0.39, 0.29) is 18.0 Å². The van der Waals surface area contributed by atoms with Gasteiger partial charge < -0.3 is 10.1 Å². The minimum absolute atomic E-state index is 0.252. The summed E-state index contributed by atoms with van der Waals surface area (Å²) in [5.74, 6) is -0.252. The maximum absolute atomic E-state index is 13.1. The van der Waals surface area contributed by atoms with Gasteiger partial charge in [-0.15, -0.1) is 5.10 Å². The molecule has 5 rings (SSSR count). The highest BCUT2D eigenvalue weighted by Crippen LogP contribution is 2.25. The van der Waals surface area contributed by atoms with E-state index >= 15 is 0 Å². The third-order valence-corrected chi connectivity index (χ3v) is 6.43. The van der Waals surface area contributed by atoms with Crippen molar-refractivity contribution in [2.75, 3.05) is 18.4 Å². The van der Waals surface area contributed by atoms with Crippen molar-refractivity contribution < 1.29 is 9.13 Å². The number of benzene rings is 2. The van der Waals surface area contributed by atoms with Gasteiger partial charge in [0, 0.05) is 31.7 Å². The molecule has 0 amide bonds. The van der Waals surface area contributed by atoms with Gasteiger partial charge >= 0.3 is 0 Å². The number of halogens is 1. The third kappa shape index (κ3) is 4.82. The van der Waals surface area contributed by atoms with Crippen LogP contribution in [-0.4, -0.2) is 44.8 Å². The molecule has 2 aromatic carbocycles. The molecule has 1 aliphatic heterocycles. The summed E-state index contributed by atoms with van der Waals surface area (Å²) in [6.45, 7) is 7.87. The summed E-state index contributed by atoms with van der Waals surface area (Å²) in [4.78, 5) is 7.87. The van der Waals surface area contributed by atoms with E-state index in [0.717, 1.165) is 41.0 Å². The van der Waals surface area contributed by atoms with Gasteiger partial charge in [0.05, 0.1) is 24.1 Å². The fourth-order valence-electron chi connectivity index (χ4n) is 4.14. The highest BCUT2D eigenvalue weighted by molar-refractivity contribution is 7.20. The van der Waals surface area contributed by atoms with Gasteiger partial charge in [0.2, 0.25) is 10.1 Å². The van der Waals surface area contributed by atoms with Gasteiger partial charge in [0.15, 0.2) is 0 Å². The van der Waals surface area contributed by atoms with E-state index in [1.165, 1.54) is 34.6 Å². The zero-order valence-corrected chi connectivity index (χ0v) is 19.0. The summed E-state index contributed by atoms with van der Waals surface area (Å²) in [6, 6.07) is 15.1. The number of anilines is 1. The lowest BCUT2D eigenvalue weighted by molar-refractivity contribution is -0.0704. The molecule has 4 aromatic rings. The van der Waals surface area contributed by atoms with Gasteiger partial charge in [-0.2, -0.15) is 0 Å². The molecule has 0 aliphatic carbocycles. The van der Waals surface area contributed by atoms with Crippen molar-refractivity contribution in [2.45, 2.75) is 39.1 Å². The fraction of sp³-hybridized carbons (Fsp3) is 0.333. The van der Waals surface area contributed by atoms with E-state index in [9.17, 15) is 4.39 Å². The fourth-order valence-corrected chi connectivity index (χ4v) is 4.92. The van der Waals surface area contributed by atoms with Gasteiger partial charge in [0.1, 0.15) is 5.82 Å². The van der Waals surface area contributed by atoms with Crippen molar-refractivity contribution in [1.82, 2.24) is 19.5 Å². The number of fused-ring (bicyclic) bond motifs is 1. The van der Waals surface area contributed by atoms with Crippen molar-refractivity contribution in [3.63, 3.8) is 0 Å². The second-order valence-electron chi connectivity index (χ2n) is 8.39. The summed E-state index contributed by atoms with van der Waals surface area (Å²) >= 11 is 1.50. The largest absolute Gasteiger partial charge is 0.373 e. The molecule has 1 saturated heterocycles. The average Bonchev–Trinajstić information content (AvgIpc) is 3.32. The number of nitrogens with zero attached hydrogens (tertiary/aromatic N) is 4. The summed E-state index contributed by atoms with van der Waals surface area (Å²) in [5.41, 5.74) is 4.18. The van der Waals surface area contributed by atoms with Crippen LogP contribution in [-0.2, 0) is 17.8 Å². The molecule has 1 N–H and O–H groups in total. The van der Waals surface area contributed by atoms with Gasteiger partial charge in [0.25, 0.3) is 0 Å². The first-order valence-corrected chi connectivity index (χ1v) is 11.6. The third-order valence-electron chi connectivity index (χ3n) is 5.55. The molecule has 2 aromatic heterocycles. The van der Waals surface area contributed by atoms with Crippen LogP contribution in [0.5, 0.6) is 0 Å². The Morgan fingerprint density at radius 2 is 1.72 bits per heavy atom. The van der Waals surface area contributed by atoms with Crippen LogP contribution in [0, 0.1) is 5.82 Å². The van der Waals surface area contributed by atoms with Crippen LogP contribution in [0.1, 0.15) is 25.0 Å². The lowest BCUT2D eigenvalue weighted by Gasteiger charge is -2.35. The number of rotatable bonds is 6. The van der Waals surface area contributed by atoms with Gasteiger partial charge in [-0.25, -0.2) is 13.9 Å². The highest BCUT2D eigenvalue weighted by Gasteiger charge is 2.21. The number of hydrogen-bond donors (Lipinski definition) is 1. The molecule has 2 atom stereocenters. The molecule has 3 heterocycles. The minimum atomic E-state index is -0.252. The quantitative estimate of drug-likeness (QED) is 0.456. The molecule has 166 valence electrons. The molecular weight excluding hydrogens is 425 g/mol. The van der Waals surface area contributed by atoms with Crippen LogP contribution in [0.2, 0.25) is 0 Å². The van der Waals surface area contributed by atoms with Crippen molar-refractivity contribution in [3.8, 4) is 11.3 Å². The summed E-state index contributed by atoms with van der Waals surface area (Å²) in [5, 5.41) is 8.77. The van der Waals surface area contributed by atoms with Crippen LogP contribution in [0.25, 0.3) is 16.2 Å². The molecule has 1 aliphatic rings. The number of nitrogens with one attached hydrogen (secondary N) is 1. The van der Waals surface area contributed by atoms with Crippen molar-refractivity contribution >= 4 is 21.4 Å². The molecule has 8 heteroatoms. The second-order valence-corrected chi connectivity index (χ2v) is 9.34. The number of imidazole rings is 1. The summed E-state index contributed by atoms with van der Waals surface area (Å²) in [6.07, 6.45) is 2.44. The molecule has 1 fully saturated rings. The van der Waals surface area contributed by atoms with Crippen LogP contribution >= 0.6 is 11.3 Å². The Morgan fingerprint density at radius 1 is 1.03 bits per heavy atom. The zero-order chi connectivity index (χ0) is 22.1. The number of hydrogen-bond acceptors (Lipinski definition) is 6. The number of aromatic nitrogens is 3. The second kappa shape index (κ2) is 8.97. The molecule has 0 radical (unpaired) electrons. The Balaban J connectivity index is 1.18. The normalized spacial score (nSPS) is 19.5. The first kappa shape index (κ1) is 21.1. The summed E-state index contributed by atoms with van der Waals surface area (Å²) < 4.78 is 20.7. The maximum atomic E-state index is 13.1. The van der Waals surface area contributed by atoms with Gasteiger partial charge in [-0.1, -0.05) is 35.6 Å². The predicted molar refractivity (Wildman–Crippen MR) is 125 cm³/mol. The van der Waals surface area contributed by atoms with E-state index in [2.05, 4.69) is 58.4 Å². The molecule has 6 nitrogen and oxygen atoms in total. The monoisotopic (exact) mass is 451 g/mol. The van der Waals surface area contributed by atoms with E-state index < -0.39 is 0 Å². The Bertz CT molecular complexity index is 1150. The van der Waals surface area contributed by atoms with E-state index in [0.29, 0.717) is 6.54 Å². The minimum Gasteiger partial charge on any atom is -0.373 e. The van der Waals surface area contributed by atoms with Crippen molar-refractivity contribution in [3.05, 3.63) is 71.7 Å². The van der Waals surface area contributed by atoms with Crippen LogP contribution in [0.15, 0.2) is 54.7 Å². The lowest BCUT2D eigenvalue weighted by Crippen LogP contribution is -2.44. The van der Waals surface area contributed by atoms with E-state index in [4.69, 9.17) is 4.74 Å². The van der Waals surface area contributed by atoms with Gasteiger partial charge in [-0.3, -0.25) is 4.90 Å². The molecule has 0 spiro atoms. The molecule has 32 heavy (non-hydrogen) atoms. The van der Waals surface area contributed by atoms with Crippen molar-refractivity contribution in [2.24, 2.45) is 0 Å². The maximum Gasteiger partial charge on any atom is 0.214 e. The molecule has 0 bridgehead atoms. The van der Waals surface area contributed by atoms with Crippen LogP contribution in [0.3, 0.4) is 0 Å². The highest BCUT2D eigenvalue weighted by atomic mass is 32.1. The first-order chi connectivity index (χ1) is 15.5. The first-order valence-electron chi connectivity index (χ1n) is 10.8. The smallest absolute Gasteiger partial charge is 0.214 e. The topological polar surface area (TPSA) is 54.7 Å². The summed E-state index contributed by atoms with van der Waals surface area (Å²) in [7, 11) is 0. The van der Waals surface area contributed by atoms with Crippen LogP contribution in [0.4, 0.5) is 9.52 Å². The Kier molecular flexibility index (Phi) is 5.91. The molecule has 0 saturated carbocycles. The molecule has 2 unspecified atom stereocenters. The predicted octanol–water partition coefficient (Wildman–Crippen LogP) is 4.82. The van der Waals surface area contributed by atoms with Crippen molar-refractivity contribution in [1.29, 1.82) is 0 Å². The lowest BCUT2D eigenvalue weighted by atomic mass is 10.1. The standard InChI is InChI=1S/C24H26FN5OS/c1-16-12-29(13-17(2)31-16)14-19-5-3-18(4-6-19)11-26-23-28-30-15-22(27-24(30)32-23)20-7-9-21(25)10-8-20/h3-10,15-17H,11-14H2,1-2H3,(H,26,28).